The molecule has 1 aliphatic rings. The smallest absolute Gasteiger partial charge is 0.355 e. The summed E-state index contributed by atoms with van der Waals surface area (Å²) in [5.41, 5.74) is 2.18. The minimum absolute atomic E-state index is 0.00465. The molecule has 0 unspecified atom stereocenters. The second-order valence-electron chi connectivity index (χ2n) is 8.01. The van der Waals surface area contributed by atoms with E-state index in [2.05, 4.69) is 4.90 Å². The Kier molecular flexibility index (Phi) is 8.61. The van der Waals surface area contributed by atoms with Crippen molar-refractivity contribution in [3.8, 4) is 0 Å². The van der Waals surface area contributed by atoms with Gasteiger partial charge in [-0.05, 0) is 26.3 Å². The zero-order chi connectivity index (χ0) is 22.4. The van der Waals surface area contributed by atoms with Crippen molar-refractivity contribution in [3.63, 3.8) is 0 Å². The molecule has 1 aliphatic heterocycles. The van der Waals surface area contributed by atoms with Gasteiger partial charge in [-0.3, -0.25) is 14.5 Å². The van der Waals surface area contributed by atoms with E-state index in [0.717, 1.165) is 13.1 Å². The molecule has 1 saturated heterocycles. The van der Waals surface area contributed by atoms with Crippen LogP contribution >= 0.6 is 0 Å². The van der Waals surface area contributed by atoms with E-state index in [1.807, 2.05) is 20.8 Å². The summed E-state index contributed by atoms with van der Waals surface area (Å²) in [7, 11) is 1.75. The zero-order valence-electron chi connectivity index (χ0n) is 19.1. The van der Waals surface area contributed by atoms with Crippen molar-refractivity contribution < 1.29 is 23.9 Å². The third-order valence-electron chi connectivity index (χ3n) is 5.61. The molecule has 1 aromatic heterocycles. The molecule has 8 nitrogen and oxygen atoms in total. The van der Waals surface area contributed by atoms with Crippen LogP contribution in [0.5, 0.6) is 0 Å². The van der Waals surface area contributed by atoms with Crippen molar-refractivity contribution >= 4 is 17.7 Å². The highest BCUT2D eigenvalue weighted by Crippen LogP contribution is 2.23. The molecule has 168 valence electrons. The number of ketones is 1. The van der Waals surface area contributed by atoms with Gasteiger partial charge in [0.1, 0.15) is 5.69 Å². The lowest BCUT2D eigenvalue weighted by Gasteiger charge is -2.30. The highest BCUT2D eigenvalue weighted by Gasteiger charge is 2.28. The van der Waals surface area contributed by atoms with Crippen molar-refractivity contribution in [1.29, 1.82) is 0 Å². The third-order valence-corrected chi connectivity index (χ3v) is 5.61. The van der Waals surface area contributed by atoms with Gasteiger partial charge in [0, 0.05) is 50.4 Å². The van der Waals surface area contributed by atoms with E-state index in [1.165, 1.54) is 0 Å². The lowest BCUT2D eigenvalue weighted by molar-refractivity contribution is -0.134. The first-order valence-corrected chi connectivity index (χ1v) is 10.6. The van der Waals surface area contributed by atoms with E-state index in [-0.39, 0.29) is 30.8 Å². The summed E-state index contributed by atoms with van der Waals surface area (Å²) in [4.78, 5) is 42.2. The summed E-state index contributed by atoms with van der Waals surface area (Å²) < 4.78 is 12.2. The second kappa shape index (κ2) is 10.7. The highest BCUT2D eigenvalue weighted by atomic mass is 16.5. The second-order valence-corrected chi connectivity index (χ2v) is 8.01. The van der Waals surface area contributed by atoms with E-state index >= 15 is 0 Å². The standard InChI is InChI=1S/C22H35N3O5/c1-7-30-22(28)20-16(4)19(17(5)23(20)6)18(26)14-25(21(27)15(2)3)9-8-24-10-12-29-13-11-24/h15H,7-14H2,1-6H3. The number of hydrogen-bond acceptors (Lipinski definition) is 6. The van der Waals surface area contributed by atoms with Gasteiger partial charge in [0.2, 0.25) is 5.91 Å². The molecule has 1 fully saturated rings. The molecule has 2 rings (SSSR count). The van der Waals surface area contributed by atoms with E-state index in [1.54, 1.807) is 30.4 Å². The largest absolute Gasteiger partial charge is 0.461 e. The first kappa shape index (κ1) is 24.1. The van der Waals surface area contributed by atoms with Crippen LogP contribution < -0.4 is 0 Å². The lowest BCUT2D eigenvalue weighted by Crippen LogP contribution is -2.45. The quantitative estimate of drug-likeness (QED) is 0.447. The van der Waals surface area contributed by atoms with Gasteiger partial charge in [-0.15, -0.1) is 0 Å². The number of esters is 1. The van der Waals surface area contributed by atoms with E-state index < -0.39 is 5.97 Å². The van der Waals surface area contributed by atoms with Crippen molar-refractivity contribution in [3.05, 3.63) is 22.5 Å². The summed E-state index contributed by atoms with van der Waals surface area (Å²) in [6, 6.07) is 0. The number of rotatable bonds is 9. The summed E-state index contributed by atoms with van der Waals surface area (Å²) >= 11 is 0. The number of nitrogens with zero attached hydrogens (tertiary/aromatic N) is 3. The van der Waals surface area contributed by atoms with Gasteiger partial charge in [-0.25, -0.2) is 4.79 Å². The Labute approximate surface area is 179 Å². The van der Waals surface area contributed by atoms with Gasteiger partial charge in [0.05, 0.1) is 26.4 Å². The van der Waals surface area contributed by atoms with Crippen LogP contribution in [0.3, 0.4) is 0 Å². The molecule has 0 radical (unpaired) electrons. The summed E-state index contributed by atoms with van der Waals surface area (Å²) in [5.74, 6) is -0.849. The lowest BCUT2D eigenvalue weighted by atomic mass is 10.0. The third kappa shape index (κ3) is 5.49. The minimum Gasteiger partial charge on any atom is -0.461 e. The summed E-state index contributed by atoms with van der Waals surface area (Å²) in [5, 5.41) is 0. The molecule has 1 aromatic rings. The predicted octanol–water partition coefficient (Wildman–Crippen LogP) is 1.82. The Morgan fingerprint density at radius 3 is 2.37 bits per heavy atom. The minimum atomic E-state index is -0.443. The van der Waals surface area contributed by atoms with Crippen LogP contribution in [0.4, 0.5) is 0 Å². The first-order valence-electron chi connectivity index (χ1n) is 10.6. The Morgan fingerprint density at radius 1 is 1.17 bits per heavy atom. The van der Waals surface area contributed by atoms with E-state index in [0.29, 0.717) is 48.8 Å². The number of hydrogen-bond donors (Lipinski definition) is 0. The molecule has 2 heterocycles. The molecule has 30 heavy (non-hydrogen) atoms. The number of carbonyl (C=O) groups excluding carboxylic acids is 3. The summed E-state index contributed by atoms with van der Waals surface area (Å²) in [6.07, 6.45) is 0. The Balaban J connectivity index is 2.21. The summed E-state index contributed by atoms with van der Waals surface area (Å²) in [6.45, 7) is 13.5. The SMILES string of the molecule is CCOC(=O)c1c(C)c(C(=O)CN(CCN2CCOCC2)C(=O)C(C)C)c(C)n1C. The number of Topliss-reactive ketones (excluding diaryl/α,β-unsaturated/α-hetero) is 1. The average Bonchev–Trinajstić information content (AvgIpc) is 2.93. The monoisotopic (exact) mass is 421 g/mol. The molecular formula is C22H35N3O5. The normalized spacial score (nSPS) is 14.8. The molecule has 8 heteroatoms. The van der Waals surface area contributed by atoms with Gasteiger partial charge in [-0.1, -0.05) is 13.8 Å². The molecular weight excluding hydrogens is 386 g/mol. The molecule has 0 aromatic carbocycles. The van der Waals surface area contributed by atoms with Crippen molar-refractivity contribution in [2.24, 2.45) is 13.0 Å². The van der Waals surface area contributed by atoms with Crippen LogP contribution in [0.15, 0.2) is 0 Å². The van der Waals surface area contributed by atoms with Crippen LogP contribution in [0.1, 0.15) is 52.9 Å². The number of amides is 1. The highest BCUT2D eigenvalue weighted by molar-refractivity contribution is 6.04. The molecule has 0 saturated carbocycles. The topological polar surface area (TPSA) is 81.1 Å². The Hall–Kier alpha value is -2.19. The maximum absolute atomic E-state index is 13.2. The molecule has 0 spiro atoms. The number of ether oxygens (including phenoxy) is 2. The van der Waals surface area contributed by atoms with Gasteiger partial charge in [0.15, 0.2) is 5.78 Å². The average molecular weight is 422 g/mol. The molecule has 0 atom stereocenters. The maximum Gasteiger partial charge on any atom is 0.355 e. The predicted molar refractivity (Wildman–Crippen MR) is 114 cm³/mol. The fourth-order valence-electron chi connectivity index (χ4n) is 3.85. The van der Waals surface area contributed by atoms with Crippen molar-refractivity contribution in [2.45, 2.75) is 34.6 Å². The number of aromatic nitrogens is 1. The van der Waals surface area contributed by atoms with Crippen LogP contribution in [0.2, 0.25) is 0 Å². The molecule has 0 N–H and O–H groups in total. The molecule has 0 bridgehead atoms. The Bertz CT molecular complexity index is 778. The van der Waals surface area contributed by atoms with E-state index in [9.17, 15) is 14.4 Å². The Morgan fingerprint density at radius 2 is 1.80 bits per heavy atom. The zero-order valence-corrected chi connectivity index (χ0v) is 19.1. The number of carbonyl (C=O) groups is 3. The van der Waals surface area contributed by atoms with Crippen LogP contribution in [-0.2, 0) is 21.3 Å². The van der Waals surface area contributed by atoms with Crippen LogP contribution in [0, 0.1) is 19.8 Å². The molecule has 1 amide bonds. The van der Waals surface area contributed by atoms with Gasteiger partial charge >= 0.3 is 5.97 Å². The molecule has 0 aliphatic carbocycles. The van der Waals surface area contributed by atoms with Crippen molar-refractivity contribution in [2.75, 3.05) is 52.5 Å². The number of morpholine rings is 1. The van der Waals surface area contributed by atoms with Gasteiger partial charge in [0.25, 0.3) is 0 Å². The van der Waals surface area contributed by atoms with E-state index in [4.69, 9.17) is 9.47 Å². The maximum atomic E-state index is 13.2. The van der Waals surface area contributed by atoms with Crippen molar-refractivity contribution in [1.82, 2.24) is 14.4 Å². The van der Waals surface area contributed by atoms with Gasteiger partial charge < -0.3 is 18.9 Å². The first-order chi connectivity index (χ1) is 14.2. The fraction of sp³-hybridized carbons (Fsp3) is 0.682. The fourth-order valence-corrected chi connectivity index (χ4v) is 3.85. The van der Waals surface area contributed by atoms with Gasteiger partial charge in [-0.2, -0.15) is 0 Å². The van der Waals surface area contributed by atoms with Crippen LogP contribution in [-0.4, -0.2) is 84.6 Å². The van der Waals surface area contributed by atoms with Crippen LogP contribution in [0.25, 0.3) is 0 Å².